The lowest BCUT2D eigenvalue weighted by Crippen LogP contribution is -1.96. The molecule has 0 fully saturated rings. The Morgan fingerprint density at radius 1 is 1.36 bits per heavy atom. The van der Waals surface area contributed by atoms with Gasteiger partial charge >= 0.3 is 5.43 Å². The van der Waals surface area contributed by atoms with E-state index >= 15 is 0 Å². The van der Waals surface area contributed by atoms with E-state index in [2.05, 4.69) is 11.3 Å². The first-order valence-corrected chi connectivity index (χ1v) is 4.31. The monoisotopic (exact) mass is 212 g/mol. The Labute approximate surface area is 86.9 Å². The molecule has 0 N–H and O–H groups in total. The van der Waals surface area contributed by atoms with Gasteiger partial charge in [-0.1, -0.05) is 12.7 Å². The number of ether oxygens (including phenoxy) is 2. The van der Waals surface area contributed by atoms with Gasteiger partial charge in [0.1, 0.15) is 18.1 Å². The maximum Gasteiger partial charge on any atom is 0.409 e. The van der Waals surface area contributed by atoms with E-state index < -0.39 is 5.43 Å². The van der Waals surface area contributed by atoms with Gasteiger partial charge in [-0.2, -0.15) is 0 Å². The molecule has 0 spiro atoms. The van der Waals surface area contributed by atoms with Crippen molar-refractivity contribution in [3.8, 4) is 11.5 Å². The van der Waals surface area contributed by atoms with Crippen LogP contribution in [0.15, 0.2) is 36.9 Å². The predicted molar refractivity (Wildman–Crippen MR) is 54.0 cm³/mol. The molecule has 1 aromatic carbocycles. The number of carbonyl (C=O) groups is 1. The molecule has 0 saturated carbocycles. The van der Waals surface area contributed by atoms with Crippen LogP contribution in [0.4, 0.5) is 4.79 Å². The van der Waals surface area contributed by atoms with Crippen molar-refractivity contribution in [1.82, 2.24) is 0 Å². The molecule has 74 valence electrons. The third-order valence-electron chi connectivity index (χ3n) is 1.39. The van der Waals surface area contributed by atoms with Crippen LogP contribution in [0.5, 0.6) is 11.5 Å². The Morgan fingerprint density at radius 3 is 2.43 bits per heavy atom. The average Bonchev–Trinajstić information content (AvgIpc) is 2.16. The summed E-state index contributed by atoms with van der Waals surface area (Å²) in [5.74, 6) is 1.07. The van der Waals surface area contributed by atoms with Crippen molar-refractivity contribution in [1.29, 1.82) is 0 Å². The molecule has 1 rings (SSSR count). The molecule has 1 aromatic rings. The summed E-state index contributed by atoms with van der Waals surface area (Å²) in [5.41, 5.74) is -0.857. The first-order chi connectivity index (χ1) is 6.72. The van der Waals surface area contributed by atoms with Crippen molar-refractivity contribution in [2.24, 2.45) is 0 Å². The van der Waals surface area contributed by atoms with E-state index in [9.17, 15) is 4.79 Å². The van der Waals surface area contributed by atoms with Gasteiger partial charge in [0, 0.05) is 11.6 Å². The standard InChI is InChI=1S/C10H9ClO3/c1-2-7-13-8-3-5-9(6-4-8)14-10(11)12/h2-6H,1,7H2. The van der Waals surface area contributed by atoms with Crippen LogP contribution >= 0.6 is 11.6 Å². The molecule has 0 aromatic heterocycles. The third kappa shape index (κ3) is 3.49. The van der Waals surface area contributed by atoms with Crippen LogP contribution in [0.3, 0.4) is 0 Å². The first kappa shape index (κ1) is 10.6. The van der Waals surface area contributed by atoms with Crippen molar-refractivity contribution < 1.29 is 14.3 Å². The largest absolute Gasteiger partial charge is 0.490 e. The third-order valence-corrected chi connectivity index (χ3v) is 1.47. The molecule has 3 nitrogen and oxygen atoms in total. The van der Waals surface area contributed by atoms with Crippen molar-refractivity contribution in [3.63, 3.8) is 0 Å². The van der Waals surface area contributed by atoms with Gasteiger partial charge in [0.15, 0.2) is 0 Å². The quantitative estimate of drug-likeness (QED) is 0.569. The van der Waals surface area contributed by atoms with Gasteiger partial charge in [-0.25, -0.2) is 4.79 Å². The van der Waals surface area contributed by atoms with Crippen LogP contribution in [0, 0.1) is 0 Å². The summed E-state index contributed by atoms with van der Waals surface area (Å²) in [4.78, 5) is 10.4. The minimum atomic E-state index is -0.857. The zero-order valence-electron chi connectivity index (χ0n) is 7.40. The summed E-state index contributed by atoms with van der Waals surface area (Å²) < 4.78 is 9.85. The molecule has 0 saturated heterocycles. The van der Waals surface area contributed by atoms with Crippen LogP contribution in [0.25, 0.3) is 0 Å². The maximum atomic E-state index is 10.4. The summed E-state index contributed by atoms with van der Waals surface area (Å²) >= 11 is 5.03. The zero-order chi connectivity index (χ0) is 10.4. The van der Waals surface area contributed by atoms with Crippen molar-refractivity contribution in [3.05, 3.63) is 36.9 Å². The molecule has 0 radical (unpaired) electrons. The highest BCUT2D eigenvalue weighted by molar-refractivity contribution is 6.61. The summed E-state index contributed by atoms with van der Waals surface area (Å²) in [6.45, 7) is 3.96. The van der Waals surface area contributed by atoms with E-state index in [1.54, 1.807) is 30.3 Å². The van der Waals surface area contributed by atoms with Gasteiger partial charge in [0.05, 0.1) is 0 Å². The molecule has 0 aliphatic heterocycles. The fourth-order valence-corrected chi connectivity index (χ4v) is 0.941. The molecule has 0 unspecified atom stereocenters. The first-order valence-electron chi connectivity index (χ1n) is 3.93. The SMILES string of the molecule is C=CCOc1ccc(OC(=O)Cl)cc1. The number of rotatable bonds is 4. The van der Waals surface area contributed by atoms with Crippen LogP contribution in [-0.4, -0.2) is 12.0 Å². The van der Waals surface area contributed by atoms with Crippen molar-refractivity contribution in [2.75, 3.05) is 6.61 Å². The smallest absolute Gasteiger partial charge is 0.409 e. The molecule has 0 amide bonds. The Kier molecular flexibility index (Phi) is 4.01. The molecule has 14 heavy (non-hydrogen) atoms. The minimum Gasteiger partial charge on any atom is -0.490 e. The number of hydrogen-bond acceptors (Lipinski definition) is 3. The van der Waals surface area contributed by atoms with Crippen molar-refractivity contribution >= 4 is 17.0 Å². The molecular weight excluding hydrogens is 204 g/mol. The van der Waals surface area contributed by atoms with Crippen LogP contribution < -0.4 is 9.47 Å². The predicted octanol–water partition coefficient (Wildman–Crippen LogP) is 2.99. The van der Waals surface area contributed by atoms with E-state index in [0.717, 1.165) is 0 Å². The van der Waals surface area contributed by atoms with E-state index in [1.807, 2.05) is 0 Å². The zero-order valence-corrected chi connectivity index (χ0v) is 8.16. The van der Waals surface area contributed by atoms with E-state index in [0.29, 0.717) is 18.1 Å². The van der Waals surface area contributed by atoms with E-state index in [-0.39, 0.29) is 0 Å². The second-order valence-corrected chi connectivity index (χ2v) is 2.72. The molecule has 0 aliphatic rings. The second-order valence-electron chi connectivity index (χ2n) is 2.41. The normalized spacial score (nSPS) is 9.21. The number of benzene rings is 1. The molecule has 0 aliphatic carbocycles. The van der Waals surface area contributed by atoms with Crippen LogP contribution in [0.2, 0.25) is 0 Å². The summed E-state index contributed by atoms with van der Waals surface area (Å²) in [7, 11) is 0. The molecule has 0 bridgehead atoms. The van der Waals surface area contributed by atoms with Gasteiger partial charge in [-0.05, 0) is 24.3 Å². The lowest BCUT2D eigenvalue weighted by Gasteiger charge is -2.03. The Hall–Kier alpha value is -1.48. The lowest BCUT2D eigenvalue weighted by atomic mass is 10.3. The highest BCUT2D eigenvalue weighted by Crippen LogP contribution is 2.18. The number of halogens is 1. The summed E-state index contributed by atoms with van der Waals surface area (Å²) in [5, 5.41) is 0. The molecule has 0 atom stereocenters. The van der Waals surface area contributed by atoms with Gasteiger partial charge in [0.2, 0.25) is 0 Å². The van der Waals surface area contributed by atoms with E-state index in [4.69, 9.17) is 16.3 Å². The Balaban J connectivity index is 2.58. The Morgan fingerprint density at radius 2 is 1.93 bits per heavy atom. The van der Waals surface area contributed by atoms with Crippen molar-refractivity contribution in [2.45, 2.75) is 0 Å². The topological polar surface area (TPSA) is 35.5 Å². The fraction of sp³-hybridized carbons (Fsp3) is 0.100. The maximum absolute atomic E-state index is 10.4. The highest BCUT2D eigenvalue weighted by atomic mass is 35.5. The number of hydrogen-bond donors (Lipinski definition) is 0. The van der Waals surface area contributed by atoms with Gasteiger partial charge in [-0.15, -0.1) is 0 Å². The van der Waals surface area contributed by atoms with Crippen LogP contribution in [-0.2, 0) is 0 Å². The second kappa shape index (κ2) is 5.29. The lowest BCUT2D eigenvalue weighted by molar-refractivity contribution is 0.225. The summed E-state index contributed by atoms with van der Waals surface area (Å²) in [6, 6.07) is 6.55. The summed E-state index contributed by atoms with van der Waals surface area (Å²) in [6.07, 6.45) is 1.65. The molecule has 4 heteroatoms. The fourth-order valence-electron chi connectivity index (χ4n) is 0.852. The van der Waals surface area contributed by atoms with E-state index in [1.165, 1.54) is 0 Å². The van der Waals surface area contributed by atoms with Gasteiger partial charge in [-0.3, -0.25) is 0 Å². The Bertz CT molecular complexity index is 319. The van der Waals surface area contributed by atoms with Gasteiger partial charge < -0.3 is 9.47 Å². The highest BCUT2D eigenvalue weighted by Gasteiger charge is 1.99. The minimum absolute atomic E-state index is 0.385. The molecule has 0 heterocycles. The number of carbonyl (C=O) groups excluding carboxylic acids is 1. The average molecular weight is 213 g/mol. The van der Waals surface area contributed by atoms with Crippen LogP contribution in [0.1, 0.15) is 0 Å². The molecular formula is C10H9ClO3. The van der Waals surface area contributed by atoms with Gasteiger partial charge in [0.25, 0.3) is 0 Å².